The van der Waals surface area contributed by atoms with Gasteiger partial charge < -0.3 is 0 Å². The van der Waals surface area contributed by atoms with Gasteiger partial charge in [-0.15, -0.1) is 11.3 Å². The van der Waals surface area contributed by atoms with Gasteiger partial charge in [-0.05, 0) is 55.2 Å². The van der Waals surface area contributed by atoms with Crippen molar-refractivity contribution in [2.75, 3.05) is 13.1 Å². The molecular weight excluding hydrogens is 440 g/mol. The van der Waals surface area contributed by atoms with Gasteiger partial charge in [-0.3, -0.25) is 9.78 Å². The van der Waals surface area contributed by atoms with Crippen LogP contribution in [0.2, 0.25) is 0 Å². The molecule has 3 aromatic rings. The van der Waals surface area contributed by atoms with Gasteiger partial charge in [0.2, 0.25) is 0 Å². The quantitative estimate of drug-likeness (QED) is 0.548. The molecule has 5 nitrogen and oxygen atoms in total. The maximum Gasteiger partial charge on any atom is 0.252 e. The lowest BCUT2D eigenvalue weighted by molar-refractivity contribution is -0.116. The molecule has 1 aliphatic carbocycles. The monoisotopic (exact) mass is 464 g/mol. The van der Waals surface area contributed by atoms with E-state index >= 15 is 0 Å². The number of benzene rings is 1. The zero-order valence-electron chi connectivity index (χ0n) is 17.6. The largest absolute Gasteiger partial charge is 0.295 e. The number of allylic oxidation sites excluding steroid dienone is 1. The Labute approximate surface area is 192 Å². The maximum atomic E-state index is 13.6. The van der Waals surface area contributed by atoms with Crippen LogP contribution in [0.3, 0.4) is 0 Å². The molecule has 0 spiro atoms. The Morgan fingerprint density at radius 1 is 1.00 bits per heavy atom. The summed E-state index contributed by atoms with van der Waals surface area (Å²) in [5.41, 5.74) is 2.71. The lowest BCUT2D eigenvalue weighted by Crippen LogP contribution is -2.49. The number of ketones is 1. The molecule has 0 radical (unpaired) electrons. The first-order valence-electron chi connectivity index (χ1n) is 10.8. The van der Waals surface area contributed by atoms with Crippen molar-refractivity contribution < 1.29 is 13.2 Å². The van der Waals surface area contributed by atoms with Gasteiger partial charge in [-0.25, -0.2) is 8.42 Å². The summed E-state index contributed by atoms with van der Waals surface area (Å²) in [5.74, 6) is 0.151. The van der Waals surface area contributed by atoms with Crippen molar-refractivity contribution in [1.29, 1.82) is 0 Å². The molecule has 1 aliphatic heterocycles. The Morgan fingerprint density at radius 3 is 2.59 bits per heavy atom. The SMILES string of the molecule is O=C1C=C2CCN(S(=O)(=O)c3ccc(-c4ccccn4)s3)CC2(Cc2ccccc2)CC1. The Balaban J connectivity index is 1.46. The molecule has 2 aliphatic rings. The molecule has 32 heavy (non-hydrogen) atoms. The minimum atomic E-state index is -3.63. The fourth-order valence-electron chi connectivity index (χ4n) is 4.80. The van der Waals surface area contributed by atoms with Gasteiger partial charge in [0.15, 0.2) is 5.78 Å². The van der Waals surface area contributed by atoms with Crippen LogP contribution in [0.4, 0.5) is 0 Å². The number of pyridine rings is 1. The van der Waals surface area contributed by atoms with Crippen LogP contribution in [-0.2, 0) is 21.2 Å². The highest BCUT2D eigenvalue weighted by atomic mass is 32.2. The summed E-state index contributed by atoms with van der Waals surface area (Å²) in [5, 5.41) is 0. The predicted molar refractivity (Wildman–Crippen MR) is 126 cm³/mol. The molecule has 0 bridgehead atoms. The number of hydrogen-bond donors (Lipinski definition) is 0. The van der Waals surface area contributed by atoms with E-state index < -0.39 is 10.0 Å². The molecule has 1 aromatic carbocycles. The number of sulfonamides is 1. The molecule has 164 valence electrons. The second-order valence-corrected chi connectivity index (χ2v) is 11.7. The first-order valence-corrected chi connectivity index (χ1v) is 13.0. The van der Waals surface area contributed by atoms with Crippen LogP contribution in [0, 0.1) is 5.41 Å². The zero-order valence-corrected chi connectivity index (χ0v) is 19.2. The topological polar surface area (TPSA) is 67.3 Å². The third-order valence-electron chi connectivity index (χ3n) is 6.45. The summed E-state index contributed by atoms with van der Waals surface area (Å²) in [6.45, 7) is 0.801. The van der Waals surface area contributed by atoms with Crippen LogP contribution < -0.4 is 0 Å². The number of fused-ring (bicyclic) bond motifs is 1. The molecule has 1 atom stereocenters. The van der Waals surface area contributed by atoms with Crippen LogP contribution >= 0.6 is 11.3 Å². The number of aromatic nitrogens is 1. The van der Waals surface area contributed by atoms with Gasteiger partial charge in [-0.2, -0.15) is 4.31 Å². The van der Waals surface area contributed by atoms with E-state index in [2.05, 4.69) is 17.1 Å². The third kappa shape index (κ3) is 3.96. The lowest BCUT2D eigenvalue weighted by Gasteiger charge is -2.46. The van der Waals surface area contributed by atoms with E-state index in [1.54, 1.807) is 22.6 Å². The van der Waals surface area contributed by atoms with Crippen LogP contribution in [0.25, 0.3) is 10.6 Å². The van der Waals surface area contributed by atoms with E-state index in [1.807, 2.05) is 42.5 Å². The van der Waals surface area contributed by atoms with E-state index in [-0.39, 0.29) is 11.2 Å². The first-order chi connectivity index (χ1) is 15.5. The molecule has 1 fully saturated rings. The number of thiophene rings is 1. The normalized spacial score (nSPS) is 21.8. The van der Waals surface area contributed by atoms with E-state index in [0.717, 1.165) is 22.6 Å². The highest BCUT2D eigenvalue weighted by Crippen LogP contribution is 2.46. The molecule has 3 heterocycles. The number of rotatable bonds is 5. The molecular formula is C25H24N2O3S2. The smallest absolute Gasteiger partial charge is 0.252 e. The fraction of sp³-hybridized carbons (Fsp3) is 0.280. The lowest BCUT2D eigenvalue weighted by atomic mass is 9.66. The molecule has 0 saturated carbocycles. The Kier molecular flexibility index (Phi) is 5.57. The van der Waals surface area contributed by atoms with Crippen molar-refractivity contribution in [3.63, 3.8) is 0 Å². The van der Waals surface area contributed by atoms with Crippen molar-refractivity contribution in [2.45, 2.75) is 29.9 Å². The number of carbonyl (C=O) groups is 1. The summed E-state index contributed by atoms with van der Waals surface area (Å²) >= 11 is 1.26. The minimum absolute atomic E-state index is 0.151. The van der Waals surface area contributed by atoms with Crippen LogP contribution in [0.5, 0.6) is 0 Å². The minimum Gasteiger partial charge on any atom is -0.295 e. The van der Waals surface area contributed by atoms with Crippen molar-refractivity contribution in [1.82, 2.24) is 9.29 Å². The van der Waals surface area contributed by atoms with Gasteiger partial charge >= 0.3 is 0 Å². The fourth-order valence-corrected chi connectivity index (χ4v) is 7.77. The van der Waals surface area contributed by atoms with Gasteiger partial charge in [0.05, 0.1) is 10.6 Å². The molecule has 0 N–H and O–H groups in total. The average molecular weight is 465 g/mol. The Bertz CT molecular complexity index is 1270. The van der Waals surface area contributed by atoms with Crippen LogP contribution in [0.15, 0.2) is 82.7 Å². The van der Waals surface area contributed by atoms with Gasteiger partial charge in [-0.1, -0.05) is 42.0 Å². The Hall–Kier alpha value is -2.61. The van der Waals surface area contributed by atoms with Crippen molar-refractivity contribution in [3.8, 4) is 10.6 Å². The summed E-state index contributed by atoms with van der Waals surface area (Å²) < 4.78 is 29.2. The van der Waals surface area contributed by atoms with Crippen LogP contribution in [0.1, 0.15) is 24.8 Å². The molecule has 0 amide bonds. The predicted octanol–water partition coefficient (Wildman–Crippen LogP) is 4.72. The first kappa shape index (κ1) is 21.2. The van der Waals surface area contributed by atoms with Gasteiger partial charge in [0.1, 0.15) is 4.21 Å². The summed E-state index contributed by atoms with van der Waals surface area (Å²) in [7, 11) is -3.63. The van der Waals surface area contributed by atoms with Gasteiger partial charge in [0.25, 0.3) is 10.0 Å². The van der Waals surface area contributed by atoms with Crippen molar-refractivity contribution in [3.05, 3.63) is 84.1 Å². The number of carbonyl (C=O) groups excluding carboxylic acids is 1. The molecule has 7 heteroatoms. The zero-order chi connectivity index (χ0) is 22.2. The molecule has 5 rings (SSSR count). The number of hydrogen-bond acceptors (Lipinski definition) is 5. The average Bonchev–Trinajstić information content (AvgIpc) is 3.32. The van der Waals surface area contributed by atoms with Crippen molar-refractivity contribution >= 4 is 27.1 Å². The summed E-state index contributed by atoms with van der Waals surface area (Å²) in [6, 6.07) is 19.3. The molecule has 1 unspecified atom stereocenters. The van der Waals surface area contributed by atoms with E-state index in [0.29, 0.717) is 36.6 Å². The Morgan fingerprint density at radius 2 is 1.81 bits per heavy atom. The van der Waals surface area contributed by atoms with E-state index in [9.17, 15) is 13.2 Å². The molecule has 1 saturated heterocycles. The maximum absolute atomic E-state index is 13.6. The second-order valence-electron chi connectivity index (χ2n) is 8.50. The summed E-state index contributed by atoms with van der Waals surface area (Å²) in [6.07, 6.45) is 5.97. The standard InChI is InChI=1S/C25H24N2O3S2/c28-21-11-13-25(17-19-6-2-1-3-7-19)18-27(15-12-20(25)16-21)32(29,30)24-10-9-23(31-24)22-8-4-5-14-26-22/h1-10,14,16H,11-13,15,17-18H2. The number of piperidine rings is 1. The van der Waals surface area contributed by atoms with E-state index in [1.165, 1.54) is 16.9 Å². The second kappa shape index (κ2) is 8.39. The highest BCUT2D eigenvalue weighted by molar-refractivity contribution is 7.91. The highest BCUT2D eigenvalue weighted by Gasteiger charge is 2.45. The van der Waals surface area contributed by atoms with Crippen molar-refractivity contribution in [2.24, 2.45) is 5.41 Å². The van der Waals surface area contributed by atoms with Gasteiger partial charge in [0, 0.05) is 31.1 Å². The van der Waals surface area contributed by atoms with Crippen LogP contribution in [-0.4, -0.2) is 36.6 Å². The molecule has 2 aromatic heterocycles. The summed E-state index contributed by atoms with van der Waals surface area (Å²) in [4.78, 5) is 17.3. The third-order valence-corrected chi connectivity index (χ3v) is 9.87. The van der Waals surface area contributed by atoms with E-state index in [4.69, 9.17) is 0 Å². The number of nitrogens with zero attached hydrogens (tertiary/aromatic N) is 2.